The highest BCUT2D eigenvalue weighted by atomic mass is 32.2. The van der Waals surface area contributed by atoms with Crippen molar-refractivity contribution < 1.29 is 13.2 Å². The van der Waals surface area contributed by atoms with E-state index in [0.29, 0.717) is 12.1 Å². The standard InChI is InChI=1S/C18H25N5O3S/c1-11-6-7-14(8-12(11)2)20-18(24)17-9-16(21-27(25,26)23(17)5)15-10-19-22(4)13(15)3/h6-8,10,16-17,21H,9H2,1-5H3,(H,20,24)/t16-,17-/m1/s1. The van der Waals surface area contributed by atoms with Crippen LogP contribution >= 0.6 is 0 Å². The summed E-state index contributed by atoms with van der Waals surface area (Å²) in [6.07, 6.45) is 1.96. The van der Waals surface area contributed by atoms with Gasteiger partial charge in [0.05, 0.1) is 12.2 Å². The van der Waals surface area contributed by atoms with Crippen LogP contribution in [0.5, 0.6) is 0 Å². The third-order valence-electron chi connectivity index (χ3n) is 5.29. The quantitative estimate of drug-likeness (QED) is 0.830. The molecule has 3 rings (SSSR count). The van der Waals surface area contributed by atoms with Crippen LogP contribution in [0.1, 0.15) is 34.8 Å². The molecule has 27 heavy (non-hydrogen) atoms. The van der Waals surface area contributed by atoms with Gasteiger partial charge in [-0.1, -0.05) is 6.07 Å². The second kappa shape index (κ2) is 7.06. The zero-order valence-corrected chi connectivity index (χ0v) is 17.0. The molecule has 0 aliphatic carbocycles. The third-order valence-corrected chi connectivity index (χ3v) is 6.89. The van der Waals surface area contributed by atoms with Gasteiger partial charge in [-0.05, 0) is 50.5 Å². The van der Waals surface area contributed by atoms with E-state index >= 15 is 0 Å². The lowest BCUT2D eigenvalue weighted by Gasteiger charge is -2.36. The first-order chi connectivity index (χ1) is 12.6. The minimum absolute atomic E-state index is 0.318. The van der Waals surface area contributed by atoms with Gasteiger partial charge in [-0.3, -0.25) is 9.48 Å². The summed E-state index contributed by atoms with van der Waals surface area (Å²) in [4.78, 5) is 12.9. The van der Waals surface area contributed by atoms with E-state index in [1.54, 1.807) is 17.9 Å². The summed E-state index contributed by atoms with van der Waals surface area (Å²) in [6.45, 7) is 5.83. The first-order valence-electron chi connectivity index (χ1n) is 8.72. The van der Waals surface area contributed by atoms with Crippen molar-refractivity contribution in [1.29, 1.82) is 0 Å². The van der Waals surface area contributed by atoms with Crippen molar-refractivity contribution >= 4 is 21.8 Å². The van der Waals surface area contributed by atoms with Gasteiger partial charge in [-0.15, -0.1) is 0 Å². The maximum atomic E-state index is 12.9. The van der Waals surface area contributed by atoms with Gasteiger partial charge in [0.1, 0.15) is 6.04 Å². The van der Waals surface area contributed by atoms with Gasteiger partial charge in [0, 0.05) is 31.0 Å². The molecule has 146 valence electrons. The molecule has 0 saturated carbocycles. The number of aromatic nitrogens is 2. The Balaban J connectivity index is 1.86. The lowest BCUT2D eigenvalue weighted by Crippen LogP contribution is -2.56. The molecule has 9 heteroatoms. The van der Waals surface area contributed by atoms with Gasteiger partial charge in [-0.25, -0.2) is 0 Å². The van der Waals surface area contributed by atoms with Gasteiger partial charge < -0.3 is 5.32 Å². The maximum absolute atomic E-state index is 12.9. The van der Waals surface area contributed by atoms with Crippen molar-refractivity contribution in [3.63, 3.8) is 0 Å². The first-order valence-corrected chi connectivity index (χ1v) is 10.2. The highest BCUT2D eigenvalue weighted by Crippen LogP contribution is 2.30. The summed E-state index contributed by atoms with van der Waals surface area (Å²) in [5.74, 6) is -0.350. The first kappa shape index (κ1) is 19.5. The highest BCUT2D eigenvalue weighted by Gasteiger charge is 2.41. The monoisotopic (exact) mass is 391 g/mol. The number of carbonyl (C=O) groups is 1. The van der Waals surface area contributed by atoms with Gasteiger partial charge in [0.2, 0.25) is 5.91 Å². The largest absolute Gasteiger partial charge is 0.325 e. The number of rotatable bonds is 3. The van der Waals surface area contributed by atoms with E-state index in [1.165, 1.54) is 7.05 Å². The molecule has 0 unspecified atom stereocenters. The van der Waals surface area contributed by atoms with E-state index in [4.69, 9.17) is 0 Å². The molecule has 1 saturated heterocycles. The predicted octanol–water partition coefficient (Wildman–Crippen LogP) is 1.56. The van der Waals surface area contributed by atoms with Crippen LogP contribution in [-0.2, 0) is 22.1 Å². The Morgan fingerprint density at radius 2 is 1.93 bits per heavy atom. The Hall–Kier alpha value is -2.23. The van der Waals surface area contributed by atoms with E-state index in [0.717, 1.165) is 26.7 Å². The van der Waals surface area contributed by atoms with Crippen LogP contribution in [0, 0.1) is 20.8 Å². The number of carbonyl (C=O) groups excluding carboxylic acids is 1. The molecule has 0 radical (unpaired) electrons. The second-order valence-corrected chi connectivity index (χ2v) is 8.80. The summed E-state index contributed by atoms with van der Waals surface area (Å²) >= 11 is 0. The number of anilines is 1. The average Bonchev–Trinajstić information content (AvgIpc) is 2.92. The molecule has 2 heterocycles. The number of nitrogens with zero attached hydrogens (tertiary/aromatic N) is 3. The Morgan fingerprint density at radius 3 is 2.52 bits per heavy atom. The molecular weight excluding hydrogens is 366 g/mol. The van der Waals surface area contributed by atoms with Crippen molar-refractivity contribution in [2.45, 2.75) is 39.3 Å². The smallest absolute Gasteiger partial charge is 0.280 e. The van der Waals surface area contributed by atoms with Crippen molar-refractivity contribution in [1.82, 2.24) is 18.8 Å². The van der Waals surface area contributed by atoms with Crippen molar-refractivity contribution in [2.24, 2.45) is 7.05 Å². The molecule has 2 atom stereocenters. The molecule has 1 amide bonds. The second-order valence-electron chi connectivity index (χ2n) is 7.04. The Kier molecular flexibility index (Phi) is 5.11. The number of amides is 1. The van der Waals surface area contributed by atoms with Gasteiger partial charge in [-0.2, -0.15) is 22.5 Å². The number of nitrogens with one attached hydrogen (secondary N) is 2. The van der Waals surface area contributed by atoms with Gasteiger partial charge >= 0.3 is 0 Å². The topological polar surface area (TPSA) is 96.3 Å². The summed E-state index contributed by atoms with van der Waals surface area (Å²) in [7, 11) is -0.568. The van der Waals surface area contributed by atoms with E-state index in [1.807, 2.05) is 39.0 Å². The number of hydrogen-bond donors (Lipinski definition) is 2. The van der Waals surface area contributed by atoms with Gasteiger partial charge in [0.25, 0.3) is 10.2 Å². The molecule has 8 nitrogen and oxygen atoms in total. The molecule has 1 aromatic heterocycles. The third kappa shape index (κ3) is 3.76. The molecule has 2 N–H and O–H groups in total. The lowest BCUT2D eigenvalue weighted by atomic mass is 10.00. The molecule has 1 aromatic carbocycles. The molecule has 2 aromatic rings. The molecule has 0 spiro atoms. The average molecular weight is 391 g/mol. The maximum Gasteiger partial charge on any atom is 0.280 e. The Morgan fingerprint density at radius 1 is 1.22 bits per heavy atom. The van der Waals surface area contributed by atoms with Gasteiger partial charge in [0.15, 0.2) is 0 Å². The fourth-order valence-corrected chi connectivity index (χ4v) is 4.48. The molecule has 0 bridgehead atoms. The zero-order chi connectivity index (χ0) is 19.9. The fraction of sp³-hybridized carbons (Fsp3) is 0.444. The minimum atomic E-state index is -3.78. The molecule has 1 aliphatic rings. The summed E-state index contributed by atoms with van der Waals surface area (Å²) in [5.41, 5.74) is 4.48. The van der Waals surface area contributed by atoms with Crippen molar-refractivity contribution in [2.75, 3.05) is 12.4 Å². The van der Waals surface area contributed by atoms with Crippen LogP contribution < -0.4 is 10.0 Å². The van der Waals surface area contributed by atoms with Crippen LogP contribution in [0.25, 0.3) is 0 Å². The molecule has 1 fully saturated rings. The van der Waals surface area contributed by atoms with Crippen LogP contribution in [0.2, 0.25) is 0 Å². The van der Waals surface area contributed by atoms with E-state index < -0.39 is 22.3 Å². The highest BCUT2D eigenvalue weighted by molar-refractivity contribution is 7.87. The predicted molar refractivity (Wildman–Crippen MR) is 103 cm³/mol. The number of likely N-dealkylation sites (N-methyl/N-ethyl adjacent to an activating group) is 1. The number of hydrogen-bond acceptors (Lipinski definition) is 4. The zero-order valence-electron chi connectivity index (χ0n) is 16.1. The summed E-state index contributed by atoms with van der Waals surface area (Å²) < 4.78 is 30.5. The minimum Gasteiger partial charge on any atom is -0.325 e. The Bertz CT molecular complexity index is 983. The van der Waals surface area contributed by atoms with E-state index in [-0.39, 0.29) is 5.91 Å². The lowest BCUT2D eigenvalue weighted by molar-refractivity contribution is -0.120. The summed E-state index contributed by atoms with van der Waals surface area (Å²) in [6, 6.07) is 4.30. The van der Waals surface area contributed by atoms with Crippen LogP contribution in [0.15, 0.2) is 24.4 Å². The molecule has 1 aliphatic heterocycles. The van der Waals surface area contributed by atoms with Crippen molar-refractivity contribution in [3.05, 3.63) is 46.8 Å². The number of aryl methyl sites for hydroxylation is 3. The van der Waals surface area contributed by atoms with Crippen LogP contribution in [0.3, 0.4) is 0 Å². The van der Waals surface area contributed by atoms with E-state index in [2.05, 4.69) is 15.1 Å². The van der Waals surface area contributed by atoms with Crippen LogP contribution in [0.4, 0.5) is 5.69 Å². The van der Waals surface area contributed by atoms with Crippen molar-refractivity contribution in [3.8, 4) is 0 Å². The molecular formula is C18H25N5O3S. The van der Waals surface area contributed by atoms with Crippen LogP contribution in [-0.4, -0.2) is 41.5 Å². The Labute approximate surface area is 159 Å². The normalized spacial score (nSPS) is 22.6. The summed E-state index contributed by atoms with van der Waals surface area (Å²) in [5, 5.41) is 7.03. The van der Waals surface area contributed by atoms with E-state index in [9.17, 15) is 13.2 Å². The number of benzene rings is 1. The SMILES string of the molecule is Cc1ccc(NC(=O)[C@H]2C[C@H](c3cnn(C)c3C)NS(=O)(=O)N2C)cc1C. The fourth-order valence-electron chi connectivity index (χ4n) is 3.22.